The normalized spacial score (nSPS) is 46.9. The second-order valence-electron chi connectivity index (χ2n) is 8.50. The zero-order valence-corrected chi connectivity index (χ0v) is 14.4. The van der Waals surface area contributed by atoms with Crippen LogP contribution in [0.15, 0.2) is 23.8 Å². The minimum atomic E-state index is 0.174. The molecule has 118 valence electrons. The van der Waals surface area contributed by atoms with E-state index in [0.717, 1.165) is 11.8 Å². The van der Waals surface area contributed by atoms with Gasteiger partial charge in [-0.3, -0.25) is 0 Å². The van der Waals surface area contributed by atoms with Gasteiger partial charge in [0.05, 0.1) is 11.7 Å². The maximum Gasteiger partial charge on any atom is 0.0920 e. The molecule has 0 aromatic heterocycles. The Morgan fingerprint density at radius 2 is 2.00 bits per heavy atom. The molecule has 3 aliphatic rings. The van der Waals surface area contributed by atoms with E-state index in [9.17, 15) is 0 Å². The first-order valence-electron chi connectivity index (χ1n) is 8.83. The van der Waals surface area contributed by atoms with E-state index in [1.807, 2.05) is 0 Å². The summed E-state index contributed by atoms with van der Waals surface area (Å²) in [6.45, 7) is 13.7. The molecule has 1 heterocycles. The lowest BCUT2D eigenvalue weighted by molar-refractivity contribution is 0.173. The topological polar surface area (TPSA) is 12.5 Å². The van der Waals surface area contributed by atoms with Crippen molar-refractivity contribution in [3.05, 3.63) is 23.8 Å². The number of ether oxygens (including phenoxy) is 1. The molecule has 2 fully saturated rings. The van der Waals surface area contributed by atoms with Crippen molar-refractivity contribution >= 4 is 0 Å². The van der Waals surface area contributed by atoms with E-state index in [2.05, 4.69) is 40.3 Å². The van der Waals surface area contributed by atoms with E-state index in [0.29, 0.717) is 11.5 Å². The fourth-order valence-electron chi connectivity index (χ4n) is 4.94. The standard InChI is InChI=1S/C20H32O/c1-14(2)16-9-12-19(4)11-8-15(3)6-7-18-20(5,21-18)13-10-17(16)19/h8,16-18H,1,6-7,9-13H2,2-5H3/t16-,17+,18+,19+,20+/m1/s1. The smallest absolute Gasteiger partial charge is 0.0920 e. The Kier molecular flexibility index (Phi) is 3.84. The molecule has 1 saturated heterocycles. The third-order valence-electron chi connectivity index (χ3n) is 6.75. The molecule has 5 atom stereocenters. The highest BCUT2D eigenvalue weighted by Crippen LogP contribution is 2.56. The molecule has 0 N–H and O–H groups in total. The van der Waals surface area contributed by atoms with Crippen molar-refractivity contribution in [1.29, 1.82) is 0 Å². The summed E-state index contributed by atoms with van der Waals surface area (Å²) >= 11 is 0. The first kappa shape index (κ1) is 15.3. The summed E-state index contributed by atoms with van der Waals surface area (Å²) < 4.78 is 6.05. The lowest BCUT2D eigenvalue weighted by Gasteiger charge is -2.34. The van der Waals surface area contributed by atoms with Gasteiger partial charge >= 0.3 is 0 Å². The Bertz CT molecular complexity index is 462. The molecule has 0 spiro atoms. The van der Waals surface area contributed by atoms with Gasteiger partial charge in [-0.05, 0) is 83.0 Å². The van der Waals surface area contributed by atoms with Gasteiger partial charge in [0.15, 0.2) is 0 Å². The van der Waals surface area contributed by atoms with Crippen molar-refractivity contribution in [1.82, 2.24) is 0 Å². The highest BCUT2D eigenvalue weighted by molar-refractivity contribution is 5.13. The summed E-state index contributed by atoms with van der Waals surface area (Å²) in [7, 11) is 0. The zero-order chi connectivity index (χ0) is 15.3. The summed E-state index contributed by atoms with van der Waals surface area (Å²) in [5, 5.41) is 0. The van der Waals surface area contributed by atoms with Crippen molar-refractivity contribution in [3.8, 4) is 0 Å². The molecular weight excluding hydrogens is 256 g/mol. The molecule has 21 heavy (non-hydrogen) atoms. The molecule has 0 bridgehead atoms. The predicted octanol–water partition coefficient (Wildman–Crippen LogP) is 5.66. The first-order valence-corrected chi connectivity index (χ1v) is 8.83. The van der Waals surface area contributed by atoms with Crippen LogP contribution >= 0.6 is 0 Å². The van der Waals surface area contributed by atoms with Crippen LogP contribution in [0.5, 0.6) is 0 Å². The third kappa shape index (κ3) is 2.86. The zero-order valence-electron chi connectivity index (χ0n) is 14.4. The molecule has 1 heteroatoms. The molecule has 0 unspecified atom stereocenters. The van der Waals surface area contributed by atoms with Crippen LogP contribution < -0.4 is 0 Å². The first-order chi connectivity index (χ1) is 9.84. The molecule has 2 aliphatic carbocycles. The number of epoxide rings is 1. The van der Waals surface area contributed by atoms with Crippen LogP contribution in [0.1, 0.15) is 72.6 Å². The van der Waals surface area contributed by atoms with E-state index in [1.165, 1.54) is 50.5 Å². The minimum Gasteiger partial charge on any atom is -0.366 e. The molecule has 0 aromatic carbocycles. The van der Waals surface area contributed by atoms with Gasteiger partial charge in [-0.25, -0.2) is 0 Å². The maximum absolute atomic E-state index is 6.05. The molecule has 1 saturated carbocycles. The quantitative estimate of drug-likeness (QED) is 0.448. The van der Waals surface area contributed by atoms with E-state index >= 15 is 0 Å². The molecular formula is C20H32O. The average Bonchev–Trinajstić information content (AvgIpc) is 2.94. The molecule has 0 amide bonds. The molecule has 0 aromatic rings. The predicted molar refractivity (Wildman–Crippen MR) is 89.3 cm³/mol. The number of hydrogen-bond acceptors (Lipinski definition) is 1. The molecule has 1 aliphatic heterocycles. The summed E-state index contributed by atoms with van der Waals surface area (Å²) in [5.41, 5.74) is 3.61. The highest BCUT2D eigenvalue weighted by atomic mass is 16.6. The fraction of sp³-hybridized carbons (Fsp3) is 0.800. The largest absolute Gasteiger partial charge is 0.366 e. The van der Waals surface area contributed by atoms with Crippen molar-refractivity contribution < 1.29 is 4.74 Å². The average molecular weight is 288 g/mol. The molecule has 0 radical (unpaired) electrons. The Balaban J connectivity index is 1.85. The lowest BCUT2D eigenvalue weighted by atomic mass is 9.70. The van der Waals surface area contributed by atoms with Gasteiger partial charge in [0, 0.05) is 0 Å². The Morgan fingerprint density at radius 3 is 2.71 bits per heavy atom. The Morgan fingerprint density at radius 1 is 1.24 bits per heavy atom. The Labute approximate surface area is 130 Å². The van der Waals surface area contributed by atoms with E-state index < -0.39 is 0 Å². The Hall–Kier alpha value is -0.560. The molecule has 3 rings (SSSR count). The van der Waals surface area contributed by atoms with Crippen LogP contribution in [0.3, 0.4) is 0 Å². The van der Waals surface area contributed by atoms with Crippen LogP contribution in [0.25, 0.3) is 0 Å². The minimum absolute atomic E-state index is 0.174. The summed E-state index contributed by atoms with van der Waals surface area (Å²) in [6.07, 6.45) is 12.0. The summed E-state index contributed by atoms with van der Waals surface area (Å²) in [6, 6.07) is 0. The van der Waals surface area contributed by atoms with Gasteiger partial charge in [-0.1, -0.05) is 30.7 Å². The van der Waals surface area contributed by atoms with Crippen LogP contribution in [0.2, 0.25) is 0 Å². The van der Waals surface area contributed by atoms with Crippen LogP contribution in [0.4, 0.5) is 0 Å². The maximum atomic E-state index is 6.05. The highest BCUT2D eigenvalue weighted by Gasteiger charge is 2.53. The van der Waals surface area contributed by atoms with Gasteiger partial charge in [-0.2, -0.15) is 0 Å². The lowest BCUT2D eigenvalue weighted by Crippen LogP contribution is -2.27. The van der Waals surface area contributed by atoms with Crippen LogP contribution in [0, 0.1) is 17.3 Å². The second-order valence-corrected chi connectivity index (χ2v) is 8.50. The van der Waals surface area contributed by atoms with Crippen molar-refractivity contribution in [2.75, 3.05) is 0 Å². The second kappa shape index (κ2) is 5.26. The monoisotopic (exact) mass is 288 g/mol. The molecule has 1 nitrogen and oxygen atoms in total. The van der Waals surface area contributed by atoms with E-state index in [-0.39, 0.29) is 5.60 Å². The van der Waals surface area contributed by atoms with Gasteiger partial charge < -0.3 is 4.74 Å². The van der Waals surface area contributed by atoms with Gasteiger partial charge in [0.1, 0.15) is 0 Å². The number of allylic oxidation sites excluding steroid dienone is 3. The van der Waals surface area contributed by atoms with Crippen molar-refractivity contribution in [3.63, 3.8) is 0 Å². The van der Waals surface area contributed by atoms with Crippen molar-refractivity contribution in [2.45, 2.75) is 84.3 Å². The number of rotatable bonds is 1. The van der Waals surface area contributed by atoms with Crippen molar-refractivity contribution in [2.24, 2.45) is 17.3 Å². The fourth-order valence-corrected chi connectivity index (χ4v) is 4.94. The van der Waals surface area contributed by atoms with Gasteiger partial charge in [0.25, 0.3) is 0 Å². The van der Waals surface area contributed by atoms with Gasteiger partial charge in [-0.15, -0.1) is 0 Å². The van der Waals surface area contributed by atoms with Crippen LogP contribution in [-0.2, 0) is 4.74 Å². The SMILES string of the molecule is C=C(C)[C@H]1CC[C@]2(C)CC=C(C)CC[C@@H]3O[C@@]3(C)CC[C@@H]12. The summed E-state index contributed by atoms with van der Waals surface area (Å²) in [4.78, 5) is 0. The third-order valence-corrected chi connectivity index (χ3v) is 6.75. The summed E-state index contributed by atoms with van der Waals surface area (Å²) in [5.74, 6) is 1.52. The number of hydrogen-bond donors (Lipinski definition) is 0. The van der Waals surface area contributed by atoms with Crippen LogP contribution in [-0.4, -0.2) is 11.7 Å². The number of fused-ring (bicyclic) bond motifs is 2. The van der Waals surface area contributed by atoms with E-state index in [4.69, 9.17) is 4.74 Å². The van der Waals surface area contributed by atoms with Gasteiger partial charge in [0.2, 0.25) is 0 Å². The van der Waals surface area contributed by atoms with E-state index in [1.54, 1.807) is 5.57 Å².